The van der Waals surface area contributed by atoms with E-state index in [4.69, 9.17) is 10.00 Å². The molecule has 2 fully saturated rings. The first-order valence-electron chi connectivity index (χ1n) is 4.64. The van der Waals surface area contributed by atoms with Crippen LogP contribution in [0.25, 0.3) is 0 Å². The summed E-state index contributed by atoms with van der Waals surface area (Å²) < 4.78 is 5.43. The zero-order valence-corrected chi connectivity index (χ0v) is 8.29. The lowest BCUT2D eigenvalue weighted by Crippen LogP contribution is -2.42. The van der Waals surface area contributed by atoms with Gasteiger partial charge in [0.25, 0.3) is 0 Å². The number of fused-ring (bicyclic) bond motifs is 1. The molecular weight excluding hydrogens is 166 g/mol. The van der Waals surface area contributed by atoms with E-state index in [-0.39, 0.29) is 11.7 Å². The highest BCUT2D eigenvalue weighted by atomic mass is 16.6. The highest BCUT2D eigenvalue weighted by Crippen LogP contribution is 2.61. The van der Waals surface area contributed by atoms with E-state index in [1.807, 2.05) is 6.92 Å². The molecule has 1 saturated heterocycles. The predicted octanol–water partition coefficient (Wildman–Crippen LogP) is 1.22. The van der Waals surface area contributed by atoms with Crippen molar-refractivity contribution >= 4 is 0 Å². The van der Waals surface area contributed by atoms with Crippen molar-refractivity contribution in [2.24, 2.45) is 5.41 Å². The van der Waals surface area contributed by atoms with E-state index in [2.05, 4.69) is 6.07 Å². The summed E-state index contributed by atoms with van der Waals surface area (Å²) in [5, 5.41) is 19.1. The Morgan fingerprint density at radius 3 is 2.46 bits per heavy atom. The van der Waals surface area contributed by atoms with E-state index in [9.17, 15) is 5.11 Å². The molecule has 3 atom stereocenters. The van der Waals surface area contributed by atoms with Crippen molar-refractivity contribution in [1.82, 2.24) is 0 Å². The van der Waals surface area contributed by atoms with Crippen LogP contribution >= 0.6 is 0 Å². The number of hydrogen-bond acceptors (Lipinski definition) is 3. The molecule has 1 aliphatic heterocycles. The minimum absolute atomic E-state index is 0.129. The number of ether oxygens (including phenoxy) is 1. The zero-order chi connectivity index (χ0) is 9.91. The summed E-state index contributed by atoms with van der Waals surface area (Å²) in [6.07, 6.45) is 1.52. The van der Waals surface area contributed by atoms with Crippen molar-refractivity contribution in [3.05, 3.63) is 0 Å². The molecule has 1 N–H and O–H groups in total. The summed E-state index contributed by atoms with van der Waals surface area (Å²) in [5.74, 6) is 0. The fourth-order valence-corrected chi connectivity index (χ4v) is 2.38. The number of nitrogens with zero attached hydrogens (tertiary/aromatic N) is 1. The second-order valence-electron chi connectivity index (χ2n) is 5.05. The van der Waals surface area contributed by atoms with Crippen LogP contribution in [0.15, 0.2) is 0 Å². The average Bonchev–Trinajstić information content (AvgIpc) is 2.49. The van der Waals surface area contributed by atoms with Gasteiger partial charge in [0.15, 0.2) is 0 Å². The largest absolute Gasteiger partial charge is 0.389 e. The van der Waals surface area contributed by atoms with Gasteiger partial charge in [-0.15, -0.1) is 0 Å². The van der Waals surface area contributed by atoms with Gasteiger partial charge < -0.3 is 9.84 Å². The highest BCUT2D eigenvalue weighted by molar-refractivity contribution is 5.23. The lowest BCUT2D eigenvalue weighted by Gasteiger charge is -2.35. The Labute approximate surface area is 78.3 Å². The van der Waals surface area contributed by atoms with E-state index in [1.165, 1.54) is 0 Å². The minimum Gasteiger partial charge on any atom is -0.389 e. The Hall–Kier alpha value is -0.590. The van der Waals surface area contributed by atoms with E-state index in [0.717, 1.165) is 0 Å². The molecule has 2 aliphatic rings. The van der Waals surface area contributed by atoms with Crippen molar-refractivity contribution in [2.75, 3.05) is 0 Å². The molecule has 0 bridgehead atoms. The fourth-order valence-electron chi connectivity index (χ4n) is 2.38. The third-order valence-electron chi connectivity index (χ3n) is 3.61. The second kappa shape index (κ2) is 2.08. The predicted molar refractivity (Wildman–Crippen MR) is 46.9 cm³/mol. The molecule has 0 aromatic heterocycles. The molecule has 0 amide bonds. The fraction of sp³-hybridized carbons (Fsp3) is 0.900. The van der Waals surface area contributed by atoms with Crippen LogP contribution in [0.1, 0.15) is 33.6 Å². The monoisotopic (exact) mass is 181 g/mol. The molecule has 1 aliphatic carbocycles. The Kier molecular flexibility index (Phi) is 1.43. The van der Waals surface area contributed by atoms with Crippen LogP contribution in [0.3, 0.4) is 0 Å². The second-order valence-corrected chi connectivity index (χ2v) is 5.05. The van der Waals surface area contributed by atoms with Gasteiger partial charge in [0.2, 0.25) is 0 Å². The minimum atomic E-state index is -0.929. The van der Waals surface area contributed by atoms with Gasteiger partial charge >= 0.3 is 0 Å². The average molecular weight is 181 g/mol. The lowest BCUT2D eigenvalue weighted by atomic mass is 9.72. The lowest BCUT2D eigenvalue weighted by molar-refractivity contribution is -0.0416. The van der Waals surface area contributed by atoms with Gasteiger partial charge in [0, 0.05) is 6.42 Å². The maximum atomic E-state index is 9.94. The van der Waals surface area contributed by atoms with Crippen molar-refractivity contribution in [3.8, 4) is 6.07 Å². The van der Waals surface area contributed by atoms with Crippen LogP contribution in [0.5, 0.6) is 0 Å². The van der Waals surface area contributed by atoms with Gasteiger partial charge in [-0.05, 0) is 27.2 Å². The molecule has 1 saturated carbocycles. The van der Waals surface area contributed by atoms with Gasteiger partial charge in [-0.3, -0.25) is 0 Å². The summed E-state index contributed by atoms with van der Waals surface area (Å²) >= 11 is 0. The number of hydrogen-bond donors (Lipinski definition) is 1. The van der Waals surface area contributed by atoms with Gasteiger partial charge in [0.05, 0.1) is 28.8 Å². The highest BCUT2D eigenvalue weighted by Gasteiger charge is 2.68. The van der Waals surface area contributed by atoms with Gasteiger partial charge in [0.1, 0.15) is 0 Å². The molecule has 13 heavy (non-hydrogen) atoms. The van der Waals surface area contributed by atoms with E-state index in [1.54, 1.807) is 13.8 Å². The number of nitriles is 1. The summed E-state index contributed by atoms with van der Waals surface area (Å²) in [6.45, 7) is 5.44. The van der Waals surface area contributed by atoms with Crippen molar-refractivity contribution < 1.29 is 9.84 Å². The Morgan fingerprint density at radius 1 is 1.62 bits per heavy atom. The molecular formula is C10H15NO2. The Morgan fingerprint density at radius 2 is 2.23 bits per heavy atom. The SMILES string of the molecule is CC12CC(C#N)(C(C)(C)O)CC1O2. The van der Waals surface area contributed by atoms with Gasteiger partial charge in [-0.1, -0.05) is 0 Å². The molecule has 3 nitrogen and oxygen atoms in total. The summed E-state index contributed by atoms with van der Waals surface area (Å²) in [5.41, 5.74) is -1.66. The topological polar surface area (TPSA) is 56.5 Å². The number of rotatable bonds is 1. The van der Waals surface area contributed by atoms with Crippen LogP contribution in [-0.4, -0.2) is 22.4 Å². The number of epoxide rings is 1. The standard InChI is InChI=1S/C10H15NO2/c1-8(2,12)10(6-11)4-7-9(3,5-10)13-7/h7,12H,4-5H2,1-3H3. The van der Waals surface area contributed by atoms with E-state index < -0.39 is 11.0 Å². The Balaban J connectivity index is 2.27. The third-order valence-corrected chi connectivity index (χ3v) is 3.61. The molecule has 0 radical (unpaired) electrons. The van der Waals surface area contributed by atoms with E-state index >= 15 is 0 Å². The molecule has 3 heteroatoms. The van der Waals surface area contributed by atoms with Crippen molar-refractivity contribution in [3.63, 3.8) is 0 Å². The summed E-state index contributed by atoms with van der Waals surface area (Å²) in [6, 6.07) is 2.27. The summed E-state index contributed by atoms with van der Waals surface area (Å²) in [7, 11) is 0. The zero-order valence-electron chi connectivity index (χ0n) is 8.29. The smallest absolute Gasteiger partial charge is 0.0937 e. The van der Waals surface area contributed by atoms with Gasteiger partial charge in [-0.25, -0.2) is 0 Å². The summed E-state index contributed by atoms with van der Waals surface area (Å²) in [4.78, 5) is 0. The van der Waals surface area contributed by atoms with Crippen LogP contribution < -0.4 is 0 Å². The Bertz CT molecular complexity index is 288. The quantitative estimate of drug-likeness (QED) is 0.619. The molecule has 72 valence electrons. The first kappa shape index (κ1) is 8.98. The van der Waals surface area contributed by atoms with Gasteiger partial charge in [-0.2, -0.15) is 5.26 Å². The molecule has 3 unspecified atom stereocenters. The maximum absolute atomic E-state index is 9.94. The van der Waals surface area contributed by atoms with Crippen LogP contribution in [0, 0.1) is 16.7 Å². The first-order valence-corrected chi connectivity index (χ1v) is 4.64. The van der Waals surface area contributed by atoms with Crippen molar-refractivity contribution in [2.45, 2.75) is 50.9 Å². The third kappa shape index (κ3) is 1.02. The number of aliphatic hydroxyl groups is 1. The molecule has 0 aromatic carbocycles. The van der Waals surface area contributed by atoms with Crippen LogP contribution in [0.2, 0.25) is 0 Å². The first-order chi connectivity index (χ1) is 5.83. The van der Waals surface area contributed by atoms with E-state index in [0.29, 0.717) is 12.8 Å². The van der Waals surface area contributed by atoms with Crippen molar-refractivity contribution in [1.29, 1.82) is 5.26 Å². The van der Waals surface area contributed by atoms with Crippen LogP contribution in [-0.2, 0) is 4.74 Å². The molecule has 1 heterocycles. The van der Waals surface area contributed by atoms with Crippen LogP contribution in [0.4, 0.5) is 0 Å². The normalized spacial score (nSPS) is 48.4. The maximum Gasteiger partial charge on any atom is 0.0937 e. The molecule has 0 aromatic rings. The molecule has 2 rings (SSSR count). The molecule has 0 spiro atoms.